The van der Waals surface area contributed by atoms with Crippen LogP contribution in [-0.2, 0) is 42.1 Å². The second-order valence-electron chi connectivity index (χ2n) is 13.2. The Morgan fingerprint density at radius 2 is 1.07 bits per heavy atom. The Morgan fingerprint density at radius 3 is 1.39 bits per heavy atom. The summed E-state index contributed by atoms with van der Waals surface area (Å²) in [4.78, 5) is 37.8. The molecule has 0 saturated carbocycles. The van der Waals surface area contributed by atoms with Crippen molar-refractivity contribution in [1.29, 1.82) is 0 Å². The van der Waals surface area contributed by atoms with E-state index in [0.29, 0.717) is 34.8 Å². The SMILES string of the molecule is COC(=O)c1ccc(CBr)cc1.COC(=O)c1ccc(CN2CCOC[C@@H]2C)cc1.C[C@H]1COCCN1.C[C@H]1COCCN1Cc1ccc(C(=O)O)cc1. The van der Waals surface area contributed by atoms with Gasteiger partial charge < -0.3 is 34.1 Å². The lowest BCUT2D eigenvalue weighted by Crippen LogP contribution is -2.42. The van der Waals surface area contributed by atoms with Crippen LogP contribution in [0.5, 0.6) is 0 Å². The second kappa shape index (κ2) is 24.7. The number of benzene rings is 3. The first-order chi connectivity index (χ1) is 26.0. The quantitative estimate of drug-likeness (QED) is 0.215. The van der Waals surface area contributed by atoms with E-state index in [0.717, 1.165) is 88.8 Å². The zero-order chi connectivity index (χ0) is 39.3. The highest BCUT2D eigenvalue weighted by molar-refractivity contribution is 9.08. The van der Waals surface area contributed by atoms with E-state index in [2.05, 4.69) is 61.3 Å². The Balaban J connectivity index is 0.000000203. The first-order valence-electron chi connectivity index (χ1n) is 18.2. The van der Waals surface area contributed by atoms with Gasteiger partial charge in [0.05, 0.1) is 70.6 Å². The molecule has 3 fully saturated rings. The largest absolute Gasteiger partial charge is 0.478 e. The molecule has 3 aromatic rings. The molecular formula is C41H56BrN3O9. The Bertz CT molecular complexity index is 1530. The molecule has 296 valence electrons. The van der Waals surface area contributed by atoms with Crippen molar-refractivity contribution >= 4 is 33.8 Å². The number of rotatable bonds is 8. The van der Waals surface area contributed by atoms with E-state index in [-0.39, 0.29) is 11.9 Å². The first kappa shape index (κ1) is 44.7. The van der Waals surface area contributed by atoms with Gasteiger partial charge in [-0.3, -0.25) is 9.80 Å². The lowest BCUT2D eigenvalue weighted by atomic mass is 10.1. The van der Waals surface area contributed by atoms with E-state index in [1.165, 1.54) is 19.8 Å². The third kappa shape index (κ3) is 16.0. The van der Waals surface area contributed by atoms with Crippen molar-refractivity contribution in [3.63, 3.8) is 0 Å². The van der Waals surface area contributed by atoms with Crippen LogP contribution in [0, 0.1) is 0 Å². The summed E-state index contributed by atoms with van der Waals surface area (Å²) >= 11 is 3.32. The van der Waals surface area contributed by atoms with Gasteiger partial charge in [0.1, 0.15) is 0 Å². The van der Waals surface area contributed by atoms with Gasteiger partial charge in [-0.15, -0.1) is 0 Å². The van der Waals surface area contributed by atoms with E-state index in [9.17, 15) is 14.4 Å². The Morgan fingerprint density at radius 1 is 0.667 bits per heavy atom. The fraction of sp³-hybridized carbons (Fsp3) is 0.488. The van der Waals surface area contributed by atoms with Crippen LogP contribution in [0.1, 0.15) is 68.5 Å². The smallest absolute Gasteiger partial charge is 0.337 e. The summed E-state index contributed by atoms with van der Waals surface area (Å²) < 4.78 is 25.1. The minimum absolute atomic E-state index is 0.290. The number of carboxylic acid groups (broad SMARTS) is 1. The Hall–Kier alpha value is -3.69. The normalized spacial score (nSPS) is 20.0. The molecule has 0 unspecified atom stereocenters. The van der Waals surface area contributed by atoms with Crippen LogP contribution in [0.15, 0.2) is 72.8 Å². The van der Waals surface area contributed by atoms with E-state index in [1.54, 1.807) is 24.3 Å². The average molecular weight is 815 g/mol. The van der Waals surface area contributed by atoms with Gasteiger partial charge in [-0.25, -0.2) is 14.4 Å². The standard InChI is InChI=1S/C14H19NO3.C13H17NO3.C9H9BrO2.C5H11NO/c1-11-10-18-8-7-15(11)9-12-3-5-13(6-4-12)14(16)17-2;1-10-9-17-7-6-14(10)8-11-2-4-12(5-3-11)13(15)16;1-12-9(11)8-4-2-7(6-10)3-5-8;1-5-4-7-3-2-6-5/h3-6,11H,7-10H2,1-2H3;2-5,10H,6-9H2,1H3,(H,15,16);2-5H,6H2,1H3;5-6H,2-4H2,1H3/t11-;10-;;5-/m00.0/s1. The molecule has 13 heteroatoms. The van der Waals surface area contributed by atoms with Crippen molar-refractivity contribution in [2.24, 2.45) is 0 Å². The molecule has 3 atom stereocenters. The Labute approximate surface area is 328 Å². The molecule has 54 heavy (non-hydrogen) atoms. The molecule has 12 nitrogen and oxygen atoms in total. The number of morpholine rings is 3. The van der Waals surface area contributed by atoms with Crippen molar-refractivity contribution in [3.05, 3.63) is 106 Å². The van der Waals surface area contributed by atoms with Crippen molar-refractivity contribution < 1.29 is 43.2 Å². The topological polar surface area (TPSA) is 136 Å². The zero-order valence-electron chi connectivity index (χ0n) is 32.1. The molecule has 3 heterocycles. The van der Waals surface area contributed by atoms with Crippen LogP contribution in [0.2, 0.25) is 0 Å². The number of carboxylic acids is 1. The molecule has 0 radical (unpaired) electrons. The Kier molecular flexibility index (Phi) is 20.4. The maximum atomic E-state index is 11.3. The van der Waals surface area contributed by atoms with Crippen molar-refractivity contribution in [3.8, 4) is 0 Å². The number of methoxy groups -OCH3 is 2. The lowest BCUT2D eigenvalue weighted by Gasteiger charge is -2.33. The van der Waals surface area contributed by atoms with Crippen LogP contribution >= 0.6 is 15.9 Å². The minimum atomic E-state index is -0.878. The summed E-state index contributed by atoms with van der Waals surface area (Å²) in [5, 5.41) is 12.9. The maximum absolute atomic E-state index is 11.3. The van der Waals surface area contributed by atoms with Gasteiger partial charge in [-0.05, 0) is 73.9 Å². The molecule has 3 saturated heterocycles. The molecule has 2 N–H and O–H groups in total. The number of hydrogen-bond acceptors (Lipinski definition) is 11. The van der Waals surface area contributed by atoms with Crippen LogP contribution in [-0.4, -0.2) is 124 Å². The summed E-state index contributed by atoms with van der Waals surface area (Å²) in [6.45, 7) is 16.0. The fourth-order valence-electron chi connectivity index (χ4n) is 5.62. The third-order valence-electron chi connectivity index (χ3n) is 8.99. The average Bonchev–Trinajstić information content (AvgIpc) is 3.20. The van der Waals surface area contributed by atoms with E-state index >= 15 is 0 Å². The number of esters is 2. The number of ether oxygens (including phenoxy) is 5. The predicted molar refractivity (Wildman–Crippen MR) is 211 cm³/mol. The maximum Gasteiger partial charge on any atom is 0.337 e. The van der Waals surface area contributed by atoms with E-state index in [4.69, 9.17) is 19.3 Å². The van der Waals surface area contributed by atoms with Gasteiger partial charge in [-0.1, -0.05) is 52.3 Å². The van der Waals surface area contributed by atoms with Crippen molar-refractivity contribution in [2.75, 3.05) is 73.5 Å². The van der Waals surface area contributed by atoms with Crippen LogP contribution in [0.4, 0.5) is 0 Å². The summed E-state index contributed by atoms with van der Waals surface area (Å²) in [6.07, 6.45) is 0. The zero-order valence-corrected chi connectivity index (χ0v) is 33.7. The third-order valence-corrected chi connectivity index (χ3v) is 9.64. The lowest BCUT2D eigenvalue weighted by molar-refractivity contribution is -0.00439. The van der Waals surface area contributed by atoms with Gasteiger partial charge in [0.25, 0.3) is 0 Å². The van der Waals surface area contributed by atoms with Crippen molar-refractivity contribution in [1.82, 2.24) is 15.1 Å². The highest BCUT2D eigenvalue weighted by Gasteiger charge is 2.20. The fourth-order valence-corrected chi connectivity index (χ4v) is 6.00. The number of carbonyl (C=O) groups excluding carboxylic acids is 2. The summed E-state index contributed by atoms with van der Waals surface area (Å²) in [7, 11) is 2.77. The molecular weight excluding hydrogens is 758 g/mol. The molecule has 0 amide bonds. The van der Waals surface area contributed by atoms with E-state index < -0.39 is 5.97 Å². The van der Waals surface area contributed by atoms with Crippen LogP contribution in [0.25, 0.3) is 0 Å². The van der Waals surface area contributed by atoms with Gasteiger partial charge >= 0.3 is 17.9 Å². The predicted octanol–water partition coefficient (Wildman–Crippen LogP) is 5.66. The first-order valence-corrected chi connectivity index (χ1v) is 19.3. The van der Waals surface area contributed by atoms with Gasteiger partial charge in [-0.2, -0.15) is 0 Å². The van der Waals surface area contributed by atoms with Gasteiger partial charge in [0.15, 0.2) is 0 Å². The highest BCUT2D eigenvalue weighted by Crippen LogP contribution is 2.15. The second-order valence-corrected chi connectivity index (χ2v) is 13.8. The van der Waals surface area contributed by atoms with Crippen LogP contribution in [0.3, 0.4) is 0 Å². The van der Waals surface area contributed by atoms with E-state index in [1.807, 2.05) is 48.5 Å². The summed E-state index contributed by atoms with van der Waals surface area (Å²) in [5.41, 5.74) is 5.00. The number of hydrogen-bond donors (Lipinski definition) is 2. The number of nitrogens with zero attached hydrogens (tertiary/aromatic N) is 2. The minimum Gasteiger partial charge on any atom is -0.478 e. The summed E-state index contributed by atoms with van der Waals surface area (Å²) in [6, 6.07) is 23.4. The number of halogens is 1. The van der Waals surface area contributed by atoms with Crippen molar-refractivity contribution in [2.45, 2.75) is 57.3 Å². The molecule has 0 bridgehead atoms. The summed E-state index contributed by atoms with van der Waals surface area (Å²) in [5.74, 6) is -1.46. The monoisotopic (exact) mass is 813 g/mol. The number of nitrogens with one attached hydrogen (secondary N) is 1. The molecule has 0 aromatic heterocycles. The molecule has 3 aliphatic heterocycles. The molecule has 3 aliphatic rings. The van der Waals surface area contributed by atoms with Crippen LogP contribution < -0.4 is 5.32 Å². The molecule has 0 aliphatic carbocycles. The molecule has 0 spiro atoms. The van der Waals surface area contributed by atoms with Gasteiger partial charge in [0.2, 0.25) is 0 Å². The number of aromatic carboxylic acids is 1. The molecule has 3 aromatic carbocycles. The number of alkyl halides is 1. The number of carbonyl (C=O) groups is 3. The molecule has 6 rings (SSSR count). The highest BCUT2D eigenvalue weighted by atomic mass is 79.9. The van der Waals surface area contributed by atoms with Gasteiger partial charge in [0, 0.05) is 56.2 Å².